The zero-order valence-corrected chi connectivity index (χ0v) is 13.1. The van der Waals surface area contributed by atoms with Crippen LogP contribution in [0.5, 0.6) is 0 Å². The van der Waals surface area contributed by atoms with Crippen LogP contribution in [0.15, 0.2) is 24.3 Å². The number of rotatable bonds is 3. The number of hydrogen-bond acceptors (Lipinski definition) is 2. The van der Waals surface area contributed by atoms with Gasteiger partial charge in [0.25, 0.3) is 0 Å². The first-order valence-electron chi connectivity index (χ1n) is 7.61. The fourth-order valence-electron chi connectivity index (χ4n) is 2.87. The van der Waals surface area contributed by atoms with E-state index in [-0.39, 0.29) is 38.0 Å². The number of likely N-dealkylation sites (tertiary alicyclic amines) is 1. The smallest absolute Gasteiger partial charge is 0.385 e. The number of piperidine rings is 1. The highest BCUT2D eigenvalue weighted by Crippen LogP contribution is 2.37. The summed E-state index contributed by atoms with van der Waals surface area (Å²) in [4.78, 5) is 1.58. The van der Waals surface area contributed by atoms with E-state index in [2.05, 4.69) is 0 Å². The van der Waals surface area contributed by atoms with E-state index in [0.29, 0.717) is 0 Å². The van der Waals surface area contributed by atoms with E-state index in [0.717, 1.165) is 19.1 Å². The van der Waals surface area contributed by atoms with E-state index in [1.54, 1.807) is 4.90 Å². The van der Waals surface area contributed by atoms with Crippen molar-refractivity contribution in [2.75, 3.05) is 19.6 Å². The molecule has 136 valence electrons. The summed E-state index contributed by atoms with van der Waals surface area (Å²) < 4.78 is 76.1. The number of benzene rings is 1. The topological polar surface area (TPSA) is 23.5 Å². The summed E-state index contributed by atoms with van der Waals surface area (Å²) in [5.74, 6) is -1.49. The van der Waals surface area contributed by atoms with E-state index in [4.69, 9.17) is 0 Å². The van der Waals surface area contributed by atoms with Crippen LogP contribution in [0.25, 0.3) is 0 Å². The Balaban J connectivity index is 2.05. The van der Waals surface area contributed by atoms with Crippen molar-refractivity contribution in [2.45, 2.75) is 37.7 Å². The van der Waals surface area contributed by atoms with Crippen LogP contribution >= 0.6 is 0 Å². The summed E-state index contributed by atoms with van der Waals surface area (Å²) in [5.41, 5.74) is -2.14. The molecule has 1 atom stereocenters. The third-order valence-corrected chi connectivity index (χ3v) is 4.50. The number of hydrogen-bond donors (Lipinski definition) is 1. The zero-order chi connectivity index (χ0) is 18.2. The van der Waals surface area contributed by atoms with Crippen LogP contribution in [0.3, 0.4) is 0 Å². The molecule has 1 heterocycles. The van der Waals surface area contributed by atoms with Crippen LogP contribution in [0.2, 0.25) is 0 Å². The van der Waals surface area contributed by atoms with Crippen LogP contribution in [-0.2, 0) is 11.8 Å². The number of nitrogens with zero attached hydrogens (tertiary/aromatic N) is 1. The molecule has 1 saturated heterocycles. The van der Waals surface area contributed by atoms with Gasteiger partial charge in [0, 0.05) is 19.6 Å². The minimum atomic E-state index is -4.50. The average Bonchev–Trinajstić information content (AvgIpc) is 2.48. The Bertz CT molecular complexity index is 560. The van der Waals surface area contributed by atoms with Crippen LogP contribution in [0.1, 0.15) is 30.9 Å². The van der Waals surface area contributed by atoms with Gasteiger partial charge in [-0.15, -0.1) is 0 Å². The highest BCUT2D eigenvalue weighted by Gasteiger charge is 2.40. The maximum atomic E-state index is 12.8. The highest BCUT2D eigenvalue weighted by molar-refractivity contribution is 5.30. The van der Waals surface area contributed by atoms with Gasteiger partial charge in [-0.2, -0.15) is 26.3 Å². The van der Waals surface area contributed by atoms with Gasteiger partial charge in [0.2, 0.25) is 0 Å². The predicted molar refractivity (Wildman–Crippen MR) is 76.2 cm³/mol. The molecule has 1 N–H and O–H groups in total. The van der Waals surface area contributed by atoms with Gasteiger partial charge in [0.1, 0.15) is 0 Å². The Morgan fingerprint density at radius 3 is 2.21 bits per heavy atom. The first-order chi connectivity index (χ1) is 10.9. The van der Waals surface area contributed by atoms with Gasteiger partial charge in [0.05, 0.1) is 17.1 Å². The zero-order valence-electron chi connectivity index (χ0n) is 13.1. The fourth-order valence-corrected chi connectivity index (χ4v) is 2.87. The van der Waals surface area contributed by atoms with Gasteiger partial charge < -0.3 is 10.0 Å². The lowest BCUT2D eigenvalue weighted by atomic mass is 9.83. The molecule has 1 aromatic carbocycles. The Labute approximate surface area is 136 Å². The normalized spacial score (nSPS) is 20.8. The van der Waals surface area contributed by atoms with Crippen molar-refractivity contribution in [3.63, 3.8) is 0 Å². The van der Waals surface area contributed by atoms with Crippen molar-refractivity contribution in [1.82, 2.24) is 4.90 Å². The molecule has 0 saturated carbocycles. The largest absolute Gasteiger partial charge is 0.416 e. The molecule has 0 aliphatic carbocycles. The van der Waals surface area contributed by atoms with E-state index < -0.39 is 29.4 Å². The molecule has 24 heavy (non-hydrogen) atoms. The lowest BCUT2D eigenvalue weighted by Gasteiger charge is -2.39. The van der Waals surface area contributed by atoms with Crippen molar-refractivity contribution < 1.29 is 31.4 Å². The van der Waals surface area contributed by atoms with E-state index >= 15 is 0 Å². The Kier molecular flexibility index (Phi) is 5.20. The van der Waals surface area contributed by atoms with Gasteiger partial charge in [-0.25, -0.2) is 0 Å². The minimum absolute atomic E-state index is 0.0961. The quantitative estimate of drug-likeness (QED) is 0.822. The minimum Gasteiger partial charge on any atom is -0.385 e. The predicted octanol–water partition coefficient (Wildman–Crippen LogP) is 4.19. The van der Waals surface area contributed by atoms with Gasteiger partial charge in [-0.05, 0) is 30.5 Å². The highest BCUT2D eigenvalue weighted by atomic mass is 19.4. The molecular formula is C16H19F6NO. The van der Waals surface area contributed by atoms with Gasteiger partial charge in [-0.1, -0.05) is 19.1 Å². The maximum Gasteiger partial charge on any atom is 0.416 e. The summed E-state index contributed by atoms with van der Waals surface area (Å²) in [6.45, 7) is 1.32. The molecule has 0 amide bonds. The summed E-state index contributed by atoms with van der Waals surface area (Å²) in [5, 5.41) is 10.6. The Morgan fingerprint density at radius 2 is 1.71 bits per heavy atom. The molecule has 0 unspecified atom stereocenters. The van der Waals surface area contributed by atoms with Crippen LogP contribution in [-0.4, -0.2) is 35.8 Å². The number of halogens is 6. The lowest BCUT2D eigenvalue weighted by Crippen LogP contribution is -2.45. The van der Waals surface area contributed by atoms with E-state index in [1.165, 1.54) is 12.1 Å². The van der Waals surface area contributed by atoms with Crippen molar-refractivity contribution in [1.29, 1.82) is 0 Å². The molecule has 1 aliphatic heterocycles. The van der Waals surface area contributed by atoms with E-state index in [9.17, 15) is 31.4 Å². The SMILES string of the molecule is C[C@@H](CN1CCC(O)(c2cccc(C(F)(F)F)c2)CC1)C(F)(F)F. The monoisotopic (exact) mass is 355 g/mol. The number of aliphatic hydroxyl groups is 1. The molecule has 1 aliphatic rings. The van der Waals surface area contributed by atoms with Gasteiger partial charge >= 0.3 is 12.4 Å². The third kappa shape index (κ3) is 4.42. The second-order valence-corrected chi connectivity index (χ2v) is 6.35. The van der Waals surface area contributed by atoms with Gasteiger partial charge in [0.15, 0.2) is 0 Å². The summed E-state index contributed by atoms with van der Waals surface area (Å²) in [6.07, 6.45) is -8.60. The average molecular weight is 355 g/mol. The molecule has 8 heteroatoms. The van der Waals surface area contributed by atoms with Gasteiger partial charge in [-0.3, -0.25) is 0 Å². The molecule has 0 spiro atoms. The molecule has 1 fully saturated rings. The van der Waals surface area contributed by atoms with Crippen molar-refractivity contribution >= 4 is 0 Å². The second kappa shape index (κ2) is 6.55. The molecular weight excluding hydrogens is 336 g/mol. The van der Waals surface area contributed by atoms with Crippen molar-refractivity contribution in [3.8, 4) is 0 Å². The molecule has 1 aromatic rings. The Hall–Kier alpha value is -1.28. The standard InChI is InChI=1S/C16H19F6NO/c1-11(15(17,18)19)10-23-7-5-14(24,6-8-23)12-3-2-4-13(9-12)16(20,21)22/h2-4,9,11,24H,5-8,10H2,1H3/t11-/m0/s1. The number of alkyl halides is 6. The summed E-state index contributed by atoms with van der Waals surface area (Å²) >= 11 is 0. The molecule has 0 aromatic heterocycles. The molecule has 2 nitrogen and oxygen atoms in total. The lowest BCUT2D eigenvalue weighted by molar-refractivity contribution is -0.176. The van der Waals surface area contributed by atoms with Crippen LogP contribution in [0.4, 0.5) is 26.3 Å². The first kappa shape index (κ1) is 19.1. The van der Waals surface area contributed by atoms with Crippen molar-refractivity contribution in [3.05, 3.63) is 35.4 Å². The molecule has 0 bridgehead atoms. The van der Waals surface area contributed by atoms with Crippen molar-refractivity contribution in [2.24, 2.45) is 5.92 Å². The summed E-state index contributed by atoms with van der Waals surface area (Å²) in [6, 6.07) is 4.48. The van der Waals surface area contributed by atoms with Crippen LogP contribution in [0, 0.1) is 5.92 Å². The Morgan fingerprint density at radius 1 is 1.12 bits per heavy atom. The fraction of sp³-hybridized carbons (Fsp3) is 0.625. The summed E-state index contributed by atoms with van der Waals surface area (Å²) in [7, 11) is 0. The van der Waals surface area contributed by atoms with E-state index in [1.807, 2.05) is 0 Å². The maximum absolute atomic E-state index is 12.8. The van der Waals surface area contributed by atoms with Crippen LogP contribution < -0.4 is 0 Å². The second-order valence-electron chi connectivity index (χ2n) is 6.35. The molecule has 2 rings (SSSR count). The third-order valence-electron chi connectivity index (χ3n) is 4.50. The first-order valence-corrected chi connectivity index (χ1v) is 7.61. The molecule has 0 radical (unpaired) electrons.